The van der Waals surface area contributed by atoms with E-state index >= 15 is 0 Å². The molecule has 2 unspecified atom stereocenters. The summed E-state index contributed by atoms with van der Waals surface area (Å²) in [7, 11) is 0. The lowest BCUT2D eigenvalue weighted by Gasteiger charge is -2.39. The summed E-state index contributed by atoms with van der Waals surface area (Å²) in [4.78, 5) is 24.7. The van der Waals surface area contributed by atoms with Crippen LogP contribution in [-0.2, 0) is 17.6 Å². The zero-order valence-corrected chi connectivity index (χ0v) is 21.3. The molecule has 1 aromatic carbocycles. The van der Waals surface area contributed by atoms with Crippen molar-refractivity contribution in [1.29, 1.82) is 0 Å². The van der Waals surface area contributed by atoms with E-state index in [4.69, 9.17) is 0 Å². The number of aromatic nitrogens is 1. The van der Waals surface area contributed by atoms with Crippen molar-refractivity contribution in [3.63, 3.8) is 0 Å². The highest BCUT2D eigenvalue weighted by molar-refractivity contribution is 5.78. The summed E-state index contributed by atoms with van der Waals surface area (Å²) in [5.41, 5.74) is 4.21. The van der Waals surface area contributed by atoms with Crippen molar-refractivity contribution < 1.29 is 4.79 Å². The second-order valence-electron chi connectivity index (χ2n) is 10.7. The number of anilines is 1. The number of carbonyl (C=O) groups excluding carboxylic acids is 1. The van der Waals surface area contributed by atoms with Crippen LogP contribution in [0.5, 0.6) is 0 Å². The van der Waals surface area contributed by atoms with Gasteiger partial charge in [0.1, 0.15) is 5.82 Å². The van der Waals surface area contributed by atoms with Crippen molar-refractivity contribution in [3.05, 3.63) is 59.3 Å². The SMILES string of the molecule is CC(NC(=O)CN1CCCC(CN2CCN(c3ccccn3)CC2)C1)c1ccc2c(c1)CCCC2. The first-order chi connectivity index (χ1) is 17.1. The zero-order chi connectivity index (χ0) is 24.0. The van der Waals surface area contributed by atoms with Crippen molar-refractivity contribution in [2.24, 2.45) is 5.92 Å². The number of piperidine rings is 1. The Morgan fingerprint density at radius 3 is 2.63 bits per heavy atom. The van der Waals surface area contributed by atoms with Crippen LogP contribution in [0.2, 0.25) is 0 Å². The quantitative estimate of drug-likeness (QED) is 0.662. The molecule has 1 N–H and O–H groups in total. The smallest absolute Gasteiger partial charge is 0.234 e. The highest BCUT2D eigenvalue weighted by Crippen LogP contribution is 2.25. The lowest BCUT2D eigenvalue weighted by Crippen LogP contribution is -2.50. The molecule has 0 bridgehead atoms. The topological polar surface area (TPSA) is 51.7 Å². The molecular weight excluding hydrogens is 434 g/mol. The van der Waals surface area contributed by atoms with Gasteiger partial charge in [0.25, 0.3) is 0 Å². The van der Waals surface area contributed by atoms with E-state index in [0.29, 0.717) is 12.5 Å². The molecule has 5 rings (SSSR count). The van der Waals surface area contributed by atoms with Crippen molar-refractivity contribution in [1.82, 2.24) is 20.1 Å². The molecule has 0 spiro atoms. The molecule has 2 fully saturated rings. The predicted octanol–water partition coefficient (Wildman–Crippen LogP) is 3.67. The third-order valence-electron chi connectivity index (χ3n) is 8.08. The standard InChI is InChI=1S/C29H41N5O/c1-23(26-12-11-25-8-2-3-9-27(25)19-26)31-29(35)22-33-14-6-7-24(21-33)20-32-15-17-34(18-16-32)28-10-4-5-13-30-28/h4-5,10-13,19,23-24H,2-3,6-9,14-18,20-22H2,1H3,(H,31,35). The fourth-order valence-electron chi connectivity index (χ4n) is 6.11. The number of nitrogens with zero attached hydrogens (tertiary/aromatic N) is 4. The Bertz CT molecular complexity index is 972. The van der Waals surface area contributed by atoms with Crippen molar-refractivity contribution >= 4 is 11.7 Å². The van der Waals surface area contributed by atoms with Gasteiger partial charge in [0.2, 0.25) is 5.91 Å². The van der Waals surface area contributed by atoms with Crippen LogP contribution in [0.4, 0.5) is 5.82 Å². The number of fused-ring (bicyclic) bond motifs is 1. The summed E-state index contributed by atoms with van der Waals surface area (Å²) in [6.45, 7) is 10.1. The van der Waals surface area contributed by atoms with Gasteiger partial charge < -0.3 is 10.2 Å². The van der Waals surface area contributed by atoms with E-state index in [1.807, 2.05) is 12.3 Å². The molecule has 6 nitrogen and oxygen atoms in total. The summed E-state index contributed by atoms with van der Waals surface area (Å²) in [6, 6.07) is 13.0. The number of amides is 1. The van der Waals surface area contributed by atoms with Gasteiger partial charge in [-0.2, -0.15) is 0 Å². The molecule has 1 aliphatic carbocycles. The Hall–Kier alpha value is -2.44. The van der Waals surface area contributed by atoms with Gasteiger partial charge in [-0.25, -0.2) is 4.98 Å². The van der Waals surface area contributed by atoms with Gasteiger partial charge in [-0.05, 0) is 86.7 Å². The average molecular weight is 476 g/mol. The predicted molar refractivity (Wildman–Crippen MR) is 142 cm³/mol. The Balaban J connectivity index is 1.06. The first-order valence-corrected chi connectivity index (χ1v) is 13.7. The summed E-state index contributed by atoms with van der Waals surface area (Å²) < 4.78 is 0. The Morgan fingerprint density at radius 1 is 1.00 bits per heavy atom. The van der Waals surface area contributed by atoms with Crippen molar-refractivity contribution in [2.45, 2.75) is 51.5 Å². The minimum Gasteiger partial charge on any atom is -0.354 e. The number of nitrogens with one attached hydrogen (secondary N) is 1. The minimum atomic E-state index is 0.0608. The summed E-state index contributed by atoms with van der Waals surface area (Å²) >= 11 is 0. The van der Waals surface area contributed by atoms with Gasteiger partial charge in [0.15, 0.2) is 0 Å². The second-order valence-corrected chi connectivity index (χ2v) is 10.7. The van der Waals surface area contributed by atoms with Gasteiger partial charge in [0, 0.05) is 45.5 Å². The second kappa shape index (κ2) is 11.5. The maximum atomic E-state index is 12.9. The number of likely N-dealkylation sites (tertiary alicyclic amines) is 1. The van der Waals surface area contributed by atoms with Crippen LogP contribution in [0.25, 0.3) is 0 Å². The van der Waals surface area contributed by atoms with E-state index in [1.165, 1.54) is 55.2 Å². The van der Waals surface area contributed by atoms with Gasteiger partial charge in [-0.15, -0.1) is 0 Å². The number of piperazine rings is 1. The summed E-state index contributed by atoms with van der Waals surface area (Å²) in [5.74, 6) is 1.89. The fraction of sp³-hybridized carbons (Fsp3) is 0.586. The molecule has 0 radical (unpaired) electrons. The molecule has 6 heteroatoms. The molecule has 1 aromatic heterocycles. The number of pyridine rings is 1. The lowest BCUT2D eigenvalue weighted by atomic mass is 9.89. The van der Waals surface area contributed by atoms with Crippen LogP contribution in [0.1, 0.15) is 55.3 Å². The van der Waals surface area contributed by atoms with Crippen LogP contribution in [-0.4, -0.2) is 73.0 Å². The fourth-order valence-corrected chi connectivity index (χ4v) is 6.11. The van der Waals surface area contributed by atoms with Crippen molar-refractivity contribution in [2.75, 3.05) is 57.3 Å². The van der Waals surface area contributed by atoms with E-state index < -0.39 is 0 Å². The first kappa shape index (κ1) is 24.3. The minimum absolute atomic E-state index is 0.0608. The van der Waals surface area contributed by atoms with Crippen LogP contribution in [0.15, 0.2) is 42.6 Å². The number of benzene rings is 1. The van der Waals surface area contributed by atoms with E-state index in [2.05, 4.69) is 62.3 Å². The zero-order valence-electron chi connectivity index (χ0n) is 21.3. The number of hydrogen-bond acceptors (Lipinski definition) is 5. The van der Waals surface area contributed by atoms with Crippen LogP contribution in [0.3, 0.4) is 0 Å². The Labute approximate surface area is 210 Å². The number of aryl methyl sites for hydroxylation is 2. The molecule has 188 valence electrons. The maximum Gasteiger partial charge on any atom is 0.234 e. The van der Waals surface area contributed by atoms with Gasteiger partial charge in [-0.3, -0.25) is 14.6 Å². The Kier molecular flexibility index (Phi) is 7.99. The first-order valence-electron chi connectivity index (χ1n) is 13.7. The summed E-state index contributed by atoms with van der Waals surface area (Å²) in [5, 5.41) is 3.26. The number of carbonyl (C=O) groups is 1. The van der Waals surface area contributed by atoms with Crippen LogP contribution in [0, 0.1) is 5.92 Å². The van der Waals surface area contributed by atoms with Gasteiger partial charge in [-0.1, -0.05) is 24.3 Å². The molecular formula is C29H41N5O. The van der Waals surface area contributed by atoms with E-state index in [-0.39, 0.29) is 11.9 Å². The molecule has 35 heavy (non-hydrogen) atoms. The van der Waals surface area contributed by atoms with E-state index in [0.717, 1.165) is 51.6 Å². The van der Waals surface area contributed by atoms with Gasteiger partial charge in [0.05, 0.1) is 12.6 Å². The highest BCUT2D eigenvalue weighted by Gasteiger charge is 2.26. The monoisotopic (exact) mass is 475 g/mol. The lowest BCUT2D eigenvalue weighted by molar-refractivity contribution is -0.123. The number of hydrogen-bond donors (Lipinski definition) is 1. The molecule has 1 amide bonds. The molecule has 0 saturated carbocycles. The van der Waals surface area contributed by atoms with Crippen molar-refractivity contribution in [3.8, 4) is 0 Å². The molecule has 2 saturated heterocycles. The molecule has 2 atom stereocenters. The van der Waals surface area contributed by atoms with E-state index in [9.17, 15) is 4.79 Å². The Morgan fingerprint density at radius 2 is 1.83 bits per heavy atom. The molecule has 3 heterocycles. The van der Waals surface area contributed by atoms with Crippen LogP contribution >= 0.6 is 0 Å². The largest absolute Gasteiger partial charge is 0.354 e. The molecule has 2 aromatic rings. The normalized spacial score (nSPS) is 22.4. The van der Waals surface area contributed by atoms with Gasteiger partial charge >= 0.3 is 0 Å². The number of rotatable bonds is 7. The molecule has 3 aliphatic rings. The average Bonchev–Trinajstić information content (AvgIpc) is 2.89. The third kappa shape index (κ3) is 6.42. The third-order valence-corrected chi connectivity index (χ3v) is 8.08. The maximum absolute atomic E-state index is 12.9. The van der Waals surface area contributed by atoms with Crippen LogP contribution < -0.4 is 10.2 Å². The summed E-state index contributed by atoms with van der Waals surface area (Å²) in [6.07, 6.45) is 9.30. The molecule has 2 aliphatic heterocycles. The van der Waals surface area contributed by atoms with E-state index in [1.54, 1.807) is 0 Å². The highest BCUT2D eigenvalue weighted by atomic mass is 16.2.